The lowest BCUT2D eigenvalue weighted by atomic mass is 9.90. The van der Waals surface area contributed by atoms with Crippen molar-refractivity contribution >= 4 is 43.6 Å². The van der Waals surface area contributed by atoms with Gasteiger partial charge < -0.3 is 0 Å². The summed E-state index contributed by atoms with van der Waals surface area (Å²) >= 11 is 0. The van der Waals surface area contributed by atoms with E-state index in [0.717, 1.165) is 44.8 Å². The lowest BCUT2D eigenvalue weighted by Crippen LogP contribution is -2.28. The Morgan fingerprint density at radius 2 is 0.700 bits per heavy atom. The Morgan fingerprint density at radius 3 is 1.16 bits per heavy atom. The van der Waals surface area contributed by atoms with Crippen molar-refractivity contribution in [2.75, 3.05) is 0 Å². The Bertz CT molecular complexity index is 2670. The highest BCUT2D eigenvalue weighted by Crippen LogP contribution is 2.43. The number of para-hydroxylation sites is 6. The zero-order valence-electron chi connectivity index (χ0n) is 27.3. The fraction of sp³-hybridized carbons (Fsp3) is 0. The van der Waals surface area contributed by atoms with Gasteiger partial charge in [-0.2, -0.15) is 18.3 Å². The number of benzene rings is 8. The van der Waals surface area contributed by atoms with Gasteiger partial charge in [0.25, 0.3) is 12.7 Å². The van der Waals surface area contributed by atoms with Crippen molar-refractivity contribution in [1.82, 2.24) is 9.13 Å². The van der Waals surface area contributed by atoms with Crippen molar-refractivity contribution in [3.63, 3.8) is 0 Å². The Labute approximate surface area is 289 Å². The number of nitrogens with zero attached hydrogens (tertiary/aromatic N) is 4. The molecule has 4 nitrogen and oxygen atoms in total. The normalized spacial score (nSPS) is 11.6. The van der Waals surface area contributed by atoms with Gasteiger partial charge in [0.1, 0.15) is 22.7 Å². The van der Waals surface area contributed by atoms with Crippen LogP contribution in [0.4, 0.5) is 0 Å². The highest BCUT2D eigenvalue weighted by atomic mass is 15.2. The van der Waals surface area contributed by atoms with Gasteiger partial charge in [-0.15, -0.1) is 0 Å². The topological polar surface area (TPSA) is 17.6 Å². The Balaban J connectivity index is 1.34. The lowest BCUT2D eigenvalue weighted by molar-refractivity contribution is -0.568. The first kappa shape index (κ1) is 28.3. The molecule has 50 heavy (non-hydrogen) atoms. The van der Waals surface area contributed by atoms with E-state index in [9.17, 15) is 0 Å². The van der Waals surface area contributed by atoms with Crippen LogP contribution in [0.15, 0.2) is 195 Å². The van der Waals surface area contributed by atoms with E-state index >= 15 is 0 Å². The summed E-state index contributed by atoms with van der Waals surface area (Å²) in [6.07, 6.45) is 4.49. The van der Waals surface area contributed by atoms with E-state index in [1.54, 1.807) is 0 Å². The minimum atomic E-state index is 1.12. The van der Waals surface area contributed by atoms with Crippen molar-refractivity contribution in [2.45, 2.75) is 0 Å². The van der Waals surface area contributed by atoms with Crippen LogP contribution < -0.4 is 9.13 Å². The second-order valence-corrected chi connectivity index (χ2v) is 12.7. The number of hydrogen-bond donors (Lipinski definition) is 0. The summed E-state index contributed by atoms with van der Waals surface area (Å²) in [4.78, 5) is 0. The quantitative estimate of drug-likeness (QED) is 0.167. The largest absolute Gasteiger partial charge is 0.255 e. The molecule has 2 aromatic heterocycles. The average molecular weight is 641 g/mol. The standard InChI is InChI=1S/C46H32N4/c1-3-17-35(18-4-1)47-31-49(41-25-13-11-23-39(41)47)43-29-27-33-15-7-9-21-37(33)45(43)46-38-22-10-8-16-34(38)28-30-44(46)50-32-48(36-19-5-2-6-20-36)40-24-12-14-26-42(40)50/h1-32H/q+2. The molecule has 10 rings (SSSR count). The minimum Gasteiger partial charge on any atom is -0.195 e. The summed E-state index contributed by atoms with van der Waals surface area (Å²) in [5.74, 6) is 0. The van der Waals surface area contributed by atoms with E-state index in [1.165, 1.54) is 32.7 Å². The van der Waals surface area contributed by atoms with Crippen LogP contribution in [0.3, 0.4) is 0 Å². The zero-order chi connectivity index (χ0) is 33.0. The van der Waals surface area contributed by atoms with Gasteiger partial charge in [0, 0.05) is 11.1 Å². The van der Waals surface area contributed by atoms with Crippen molar-refractivity contribution in [1.29, 1.82) is 0 Å². The van der Waals surface area contributed by atoms with E-state index in [0.29, 0.717) is 0 Å². The first-order chi connectivity index (χ1) is 24.8. The molecule has 8 aromatic carbocycles. The molecule has 4 heteroatoms. The number of fused-ring (bicyclic) bond motifs is 4. The second-order valence-electron chi connectivity index (χ2n) is 12.7. The van der Waals surface area contributed by atoms with Crippen LogP contribution in [0, 0.1) is 0 Å². The third-order valence-electron chi connectivity index (χ3n) is 9.92. The van der Waals surface area contributed by atoms with Crippen LogP contribution in [0.25, 0.3) is 77.5 Å². The molecule has 0 aliphatic rings. The molecule has 0 aliphatic carbocycles. The van der Waals surface area contributed by atoms with Crippen LogP contribution in [-0.2, 0) is 0 Å². The molecule has 0 bridgehead atoms. The van der Waals surface area contributed by atoms with Crippen LogP contribution in [0.1, 0.15) is 0 Å². The van der Waals surface area contributed by atoms with Gasteiger partial charge in [-0.25, -0.2) is 0 Å². The summed E-state index contributed by atoms with van der Waals surface area (Å²) in [5, 5.41) is 4.82. The van der Waals surface area contributed by atoms with Gasteiger partial charge in [-0.05, 0) is 82.2 Å². The van der Waals surface area contributed by atoms with Gasteiger partial charge in [-0.1, -0.05) is 121 Å². The predicted molar refractivity (Wildman–Crippen MR) is 204 cm³/mol. The molecular formula is C46H32N4+2. The molecule has 10 aromatic rings. The molecule has 0 saturated heterocycles. The minimum absolute atomic E-state index is 1.12. The van der Waals surface area contributed by atoms with Crippen LogP contribution in [0.5, 0.6) is 0 Å². The summed E-state index contributed by atoms with van der Waals surface area (Å²) < 4.78 is 9.32. The third kappa shape index (κ3) is 4.39. The maximum absolute atomic E-state index is 2.37. The molecule has 0 N–H and O–H groups in total. The Kier molecular flexibility index (Phi) is 6.46. The highest BCUT2D eigenvalue weighted by molar-refractivity contribution is 6.11. The molecular weight excluding hydrogens is 609 g/mol. The Morgan fingerprint density at radius 1 is 0.320 bits per heavy atom. The first-order valence-electron chi connectivity index (χ1n) is 17.0. The van der Waals surface area contributed by atoms with E-state index < -0.39 is 0 Å². The zero-order valence-corrected chi connectivity index (χ0v) is 27.3. The summed E-state index contributed by atoms with van der Waals surface area (Å²) in [7, 11) is 0. The highest BCUT2D eigenvalue weighted by Gasteiger charge is 2.28. The van der Waals surface area contributed by atoms with E-state index in [1.807, 2.05) is 0 Å². The molecule has 0 amide bonds. The van der Waals surface area contributed by atoms with Crippen molar-refractivity contribution in [2.24, 2.45) is 0 Å². The number of hydrogen-bond acceptors (Lipinski definition) is 0. The molecule has 2 heterocycles. The van der Waals surface area contributed by atoms with Crippen LogP contribution in [0.2, 0.25) is 0 Å². The molecule has 0 unspecified atom stereocenters. The predicted octanol–water partition coefficient (Wildman–Crippen LogP) is 10.1. The number of rotatable bonds is 5. The SMILES string of the molecule is c1ccc(-[n+]2cn(-c3ccc4ccccc4c3-c3c(-n4c[n+](-c5ccccc5)c5ccccc54)ccc4ccccc34)c3ccccc32)cc1. The second kappa shape index (κ2) is 11.4. The fourth-order valence-corrected chi connectivity index (χ4v) is 7.64. The molecule has 234 valence electrons. The molecule has 0 fully saturated rings. The van der Waals surface area contributed by atoms with Gasteiger partial charge in [0.15, 0.2) is 22.1 Å². The lowest BCUT2D eigenvalue weighted by Gasteiger charge is -2.16. The maximum atomic E-state index is 2.37. The molecule has 0 aliphatic heterocycles. The van der Waals surface area contributed by atoms with Crippen molar-refractivity contribution in [3.05, 3.63) is 195 Å². The van der Waals surface area contributed by atoms with Gasteiger partial charge >= 0.3 is 0 Å². The monoisotopic (exact) mass is 640 g/mol. The van der Waals surface area contributed by atoms with E-state index in [2.05, 4.69) is 213 Å². The van der Waals surface area contributed by atoms with Crippen LogP contribution >= 0.6 is 0 Å². The molecule has 0 saturated carbocycles. The van der Waals surface area contributed by atoms with Gasteiger partial charge in [0.2, 0.25) is 0 Å². The first-order valence-corrected chi connectivity index (χ1v) is 17.0. The molecule has 0 atom stereocenters. The number of imidazole rings is 2. The average Bonchev–Trinajstić information content (AvgIpc) is 3.77. The maximum Gasteiger partial charge on any atom is 0.255 e. The van der Waals surface area contributed by atoms with Crippen LogP contribution in [-0.4, -0.2) is 9.13 Å². The van der Waals surface area contributed by atoms with Crippen molar-refractivity contribution in [3.8, 4) is 33.9 Å². The Hall–Kier alpha value is -6.78. The smallest absolute Gasteiger partial charge is 0.195 e. The van der Waals surface area contributed by atoms with E-state index in [4.69, 9.17) is 0 Å². The molecule has 0 spiro atoms. The van der Waals surface area contributed by atoms with Gasteiger partial charge in [-0.3, -0.25) is 0 Å². The third-order valence-corrected chi connectivity index (χ3v) is 9.92. The number of aromatic nitrogens is 4. The fourth-order valence-electron chi connectivity index (χ4n) is 7.64. The van der Waals surface area contributed by atoms with E-state index in [-0.39, 0.29) is 0 Å². The van der Waals surface area contributed by atoms with Crippen molar-refractivity contribution < 1.29 is 9.13 Å². The summed E-state index contributed by atoms with van der Waals surface area (Å²) in [6, 6.07) is 65.2. The summed E-state index contributed by atoms with van der Waals surface area (Å²) in [5.41, 5.74) is 11.5. The van der Waals surface area contributed by atoms with Gasteiger partial charge in [0.05, 0.1) is 0 Å². The summed E-state index contributed by atoms with van der Waals surface area (Å²) in [6.45, 7) is 0. The molecule has 0 radical (unpaired) electrons.